The Hall–Kier alpha value is -1.75. The summed E-state index contributed by atoms with van der Waals surface area (Å²) in [4.78, 5) is 10.7. The second kappa shape index (κ2) is 2.88. The van der Waals surface area contributed by atoms with Gasteiger partial charge in [-0.15, -0.1) is 5.10 Å². The van der Waals surface area contributed by atoms with Gasteiger partial charge >= 0.3 is 6.09 Å². The van der Waals surface area contributed by atoms with Crippen molar-refractivity contribution in [1.29, 1.82) is 0 Å². The van der Waals surface area contributed by atoms with Crippen molar-refractivity contribution in [3.05, 3.63) is 23.2 Å². The standard InChI is InChI=1S/C8H6ClN3O2/c9-4-1-2-6-5(3-4)7(10)11-12(6)8(13)14/h1-3H,(H2,10,11)(H,13,14). The van der Waals surface area contributed by atoms with Gasteiger partial charge in [0, 0.05) is 10.4 Å². The van der Waals surface area contributed by atoms with Crippen LogP contribution in [0, 0.1) is 0 Å². The highest BCUT2D eigenvalue weighted by molar-refractivity contribution is 6.31. The zero-order valence-electron chi connectivity index (χ0n) is 6.94. The van der Waals surface area contributed by atoms with E-state index in [0.29, 0.717) is 15.9 Å². The van der Waals surface area contributed by atoms with E-state index in [1.54, 1.807) is 18.2 Å². The molecule has 1 aromatic heterocycles. The van der Waals surface area contributed by atoms with Crippen LogP contribution in [0.3, 0.4) is 0 Å². The maximum Gasteiger partial charge on any atom is 0.432 e. The number of nitrogens with two attached hydrogens (primary N) is 1. The lowest BCUT2D eigenvalue weighted by Crippen LogP contribution is -2.09. The van der Waals surface area contributed by atoms with E-state index >= 15 is 0 Å². The monoisotopic (exact) mass is 211 g/mol. The van der Waals surface area contributed by atoms with Crippen LogP contribution >= 0.6 is 11.6 Å². The Morgan fingerprint density at radius 2 is 2.29 bits per heavy atom. The average molecular weight is 212 g/mol. The van der Waals surface area contributed by atoms with E-state index in [0.717, 1.165) is 4.68 Å². The number of benzene rings is 1. The number of carbonyl (C=O) groups is 1. The van der Waals surface area contributed by atoms with Gasteiger partial charge in [-0.25, -0.2) is 4.79 Å². The highest BCUT2D eigenvalue weighted by atomic mass is 35.5. The van der Waals surface area contributed by atoms with Crippen molar-refractivity contribution >= 4 is 34.4 Å². The molecule has 0 aliphatic rings. The smallest absolute Gasteiger partial charge is 0.432 e. The van der Waals surface area contributed by atoms with Crippen LogP contribution in [0.5, 0.6) is 0 Å². The van der Waals surface area contributed by atoms with Gasteiger partial charge in [0.05, 0.1) is 5.52 Å². The number of nitrogens with zero attached hydrogens (tertiary/aromatic N) is 2. The third-order valence-corrected chi connectivity index (χ3v) is 2.09. The fourth-order valence-corrected chi connectivity index (χ4v) is 1.43. The van der Waals surface area contributed by atoms with Crippen LogP contribution in [-0.2, 0) is 0 Å². The fourth-order valence-electron chi connectivity index (χ4n) is 1.26. The van der Waals surface area contributed by atoms with Crippen molar-refractivity contribution in [1.82, 2.24) is 9.78 Å². The van der Waals surface area contributed by atoms with Crippen molar-refractivity contribution in [2.75, 3.05) is 5.73 Å². The van der Waals surface area contributed by atoms with Crippen LogP contribution in [0.2, 0.25) is 5.02 Å². The second-order valence-electron chi connectivity index (χ2n) is 2.74. The van der Waals surface area contributed by atoms with Gasteiger partial charge in [-0.2, -0.15) is 4.68 Å². The van der Waals surface area contributed by atoms with Crippen molar-refractivity contribution in [3.8, 4) is 0 Å². The van der Waals surface area contributed by atoms with Gasteiger partial charge in [-0.05, 0) is 18.2 Å². The highest BCUT2D eigenvalue weighted by Crippen LogP contribution is 2.23. The average Bonchev–Trinajstić information content (AvgIpc) is 2.44. The lowest BCUT2D eigenvalue weighted by atomic mass is 10.2. The van der Waals surface area contributed by atoms with Crippen LogP contribution in [0.1, 0.15) is 0 Å². The molecule has 0 bridgehead atoms. The highest BCUT2D eigenvalue weighted by Gasteiger charge is 2.12. The Balaban J connectivity index is 2.84. The number of hydrogen-bond donors (Lipinski definition) is 2. The molecule has 14 heavy (non-hydrogen) atoms. The molecular weight excluding hydrogens is 206 g/mol. The quantitative estimate of drug-likeness (QED) is 0.696. The SMILES string of the molecule is Nc1nn(C(=O)O)c2ccc(Cl)cc12. The molecule has 0 amide bonds. The molecule has 3 N–H and O–H groups in total. The second-order valence-corrected chi connectivity index (χ2v) is 3.18. The predicted octanol–water partition coefficient (Wildman–Crippen LogP) is 1.80. The molecule has 0 unspecified atom stereocenters. The Morgan fingerprint density at radius 1 is 1.57 bits per heavy atom. The number of fused-ring (bicyclic) bond motifs is 1. The minimum absolute atomic E-state index is 0.157. The van der Waals surface area contributed by atoms with Crippen LogP contribution < -0.4 is 5.73 Å². The molecule has 0 saturated carbocycles. The van der Waals surface area contributed by atoms with E-state index in [2.05, 4.69) is 5.10 Å². The summed E-state index contributed by atoms with van der Waals surface area (Å²) in [5.74, 6) is 0.157. The zero-order valence-corrected chi connectivity index (χ0v) is 7.69. The van der Waals surface area contributed by atoms with E-state index in [1.807, 2.05) is 0 Å². The number of nitrogen functional groups attached to an aromatic ring is 1. The maximum absolute atomic E-state index is 10.7. The normalized spacial score (nSPS) is 10.6. The summed E-state index contributed by atoms with van der Waals surface area (Å²) >= 11 is 5.74. The Bertz CT molecular complexity index is 521. The molecule has 2 aromatic rings. The Kier molecular flexibility index (Phi) is 1.82. The van der Waals surface area contributed by atoms with Crippen molar-refractivity contribution in [3.63, 3.8) is 0 Å². The van der Waals surface area contributed by atoms with E-state index in [4.69, 9.17) is 22.4 Å². The van der Waals surface area contributed by atoms with Crippen molar-refractivity contribution < 1.29 is 9.90 Å². The first-order valence-corrected chi connectivity index (χ1v) is 4.14. The van der Waals surface area contributed by atoms with Gasteiger partial charge < -0.3 is 10.8 Å². The lowest BCUT2D eigenvalue weighted by Gasteiger charge is -1.94. The fraction of sp³-hybridized carbons (Fsp3) is 0. The number of aromatic nitrogens is 2. The maximum atomic E-state index is 10.7. The summed E-state index contributed by atoms with van der Waals surface area (Å²) in [6.45, 7) is 0. The molecule has 6 heteroatoms. The predicted molar refractivity (Wildman–Crippen MR) is 52.6 cm³/mol. The van der Waals surface area contributed by atoms with Crippen molar-refractivity contribution in [2.24, 2.45) is 0 Å². The summed E-state index contributed by atoms with van der Waals surface area (Å²) < 4.78 is 0.820. The third kappa shape index (κ3) is 1.18. The molecule has 72 valence electrons. The van der Waals surface area contributed by atoms with Crippen molar-refractivity contribution in [2.45, 2.75) is 0 Å². The lowest BCUT2D eigenvalue weighted by molar-refractivity contribution is 0.194. The topological polar surface area (TPSA) is 81.1 Å². The molecule has 1 aromatic carbocycles. The van der Waals surface area contributed by atoms with E-state index in [-0.39, 0.29) is 5.82 Å². The van der Waals surface area contributed by atoms with Gasteiger partial charge in [-0.3, -0.25) is 0 Å². The molecule has 2 rings (SSSR count). The third-order valence-electron chi connectivity index (χ3n) is 1.85. The van der Waals surface area contributed by atoms with Crippen LogP contribution in [0.25, 0.3) is 10.9 Å². The Morgan fingerprint density at radius 3 is 2.93 bits per heavy atom. The van der Waals surface area contributed by atoms with Crippen LogP contribution in [0.4, 0.5) is 10.6 Å². The van der Waals surface area contributed by atoms with Crippen LogP contribution in [-0.4, -0.2) is 21.0 Å². The van der Waals surface area contributed by atoms with E-state index < -0.39 is 6.09 Å². The number of anilines is 1. The van der Waals surface area contributed by atoms with Gasteiger partial charge in [0.2, 0.25) is 0 Å². The van der Waals surface area contributed by atoms with E-state index in [9.17, 15) is 4.79 Å². The minimum Gasteiger partial charge on any atom is -0.463 e. The number of carboxylic acid groups (broad SMARTS) is 1. The first-order chi connectivity index (χ1) is 6.59. The van der Waals surface area contributed by atoms with Gasteiger partial charge in [0.1, 0.15) is 0 Å². The summed E-state index contributed by atoms with van der Waals surface area (Å²) in [6, 6.07) is 4.73. The number of hydrogen-bond acceptors (Lipinski definition) is 3. The zero-order chi connectivity index (χ0) is 10.3. The largest absolute Gasteiger partial charge is 0.463 e. The molecule has 0 radical (unpaired) electrons. The molecule has 5 nitrogen and oxygen atoms in total. The molecule has 0 saturated heterocycles. The molecule has 0 aliphatic carbocycles. The number of rotatable bonds is 0. The van der Waals surface area contributed by atoms with Gasteiger partial charge in [0.15, 0.2) is 5.82 Å². The molecule has 0 spiro atoms. The van der Waals surface area contributed by atoms with Crippen LogP contribution in [0.15, 0.2) is 18.2 Å². The molecule has 0 fully saturated rings. The number of halogens is 1. The molecular formula is C8H6ClN3O2. The summed E-state index contributed by atoms with van der Waals surface area (Å²) in [5.41, 5.74) is 5.96. The van der Waals surface area contributed by atoms with E-state index in [1.165, 1.54) is 0 Å². The summed E-state index contributed by atoms with van der Waals surface area (Å²) in [7, 11) is 0. The first-order valence-electron chi connectivity index (χ1n) is 3.76. The molecule has 0 atom stereocenters. The van der Waals surface area contributed by atoms with Gasteiger partial charge in [0.25, 0.3) is 0 Å². The summed E-state index contributed by atoms with van der Waals surface area (Å²) in [6.07, 6.45) is -1.17. The van der Waals surface area contributed by atoms with Gasteiger partial charge in [-0.1, -0.05) is 11.6 Å². The summed E-state index contributed by atoms with van der Waals surface area (Å²) in [5, 5.41) is 13.5. The first kappa shape index (κ1) is 8.83. The minimum atomic E-state index is -1.17. The Labute approximate surface area is 83.7 Å². The molecule has 0 aliphatic heterocycles. The molecule has 1 heterocycles.